The van der Waals surface area contributed by atoms with E-state index in [9.17, 15) is 9.18 Å². The van der Waals surface area contributed by atoms with Gasteiger partial charge in [-0.3, -0.25) is 9.69 Å². The van der Waals surface area contributed by atoms with Gasteiger partial charge in [0.15, 0.2) is 0 Å². The number of carbonyl (C=O) groups excluding carboxylic acids is 1. The average Bonchev–Trinajstić information content (AvgIpc) is 2.63. The van der Waals surface area contributed by atoms with Crippen LogP contribution in [0.3, 0.4) is 0 Å². The maximum atomic E-state index is 13.3. The molecule has 0 spiro atoms. The van der Waals surface area contributed by atoms with Crippen molar-refractivity contribution in [3.63, 3.8) is 0 Å². The molecule has 1 aliphatic rings. The third kappa shape index (κ3) is 4.96. The number of aryl methyl sites for hydroxylation is 1. The van der Waals surface area contributed by atoms with Gasteiger partial charge >= 0.3 is 0 Å². The van der Waals surface area contributed by atoms with Crippen LogP contribution in [-0.4, -0.2) is 43.5 Å². The molecule has 2 aromatic carbocycles. The van der Waals surface area contributed by atoms with Gasteiger partial charge in [-0.1, -0.05) is 29.8 Å². The smallest absolute Gasteiger partial charge is 0.234 e. The van der Waals surface area contributed by atoms with E-state index in [1.165, 1.54) is 6.07 Å². The molecule has 0 saturated carbocycles. The van der Waals surface area contributed by atoms with Gasteiger partial charge in [0.1, 0.15) is 5.82 Å². The number of benzene rings is 2. The highest BCUT2D eigenvalue weighted by Gasteiger charge is 2.19. The van der Waals surface area contributed by atoms with Crippen LogP contribution in [-0.2, 0) is 11.3 Å². The van der Waals surface area contributed by atoms with Crippen LogP contribution in [0.15, 0.2) is 42.5 Å². The molecule has 1 heterocycles. The summed E-state index contributed by atoms with van der Waals surface area (Å²) in [4.78, 5) is 16.6. The highest BCUT2D eigenvalue weighted by molar-refractivity contribution is 6.30. The Balaban J connectivity index is 1.43. The number of piperazine rings is 1. The van der Waals surface area contributed by atoms with E-state index in [0.29, 0.717) is 18.7 Å². The first kappa shape index (κ1) is 18.7. The quantitative estimate of drug-likeness (QED) is 0.871. The lowest BCUT2D eigenvalue weighted by atomic mass is 10.1. The van der Waals surface area contributed by atoms with Crippen LogP contribution in [0.1, 0.15) is 11.1 Å². The largest absolute Gasteiger partial charge is 0.369 e. The lowest BCUT2D eigenvalue weighted by Gasteiger charge is -2.35. The van der Waals surface area contributed by atoms with E-state index in [-0.39, 0.29) is 11.7 Å². The average molecular weight is 376 g/mol. The van der Waals surface area contributed by atoms with Gasteiger partial charge in [0, 0.05) is 43.4 Å². The lowest BCUT2D eigenvalue weighted by Crippen LogP contribution is -2.49. The van der Waals surface area contributed by atoms with Crippen LogP contribution in [0.25, 0.3) is 0 Å². The summed E-state index contributed by atoms with van der Waals surface area (Å²) < 4.78 is 13.3. The fraction of sp³-hybridized carbons (Fsp3) is 0.350. The molecule has 1 aliphatic heterocycles. The van der Waals surface area contributed by atoms with Gasteiger partial charge in [-0.05, 0) is 42.3 Å². The Morgan fingerprint density at radius 3 is 2.62 bits per heavy atom. The summed E-state index contributed by atoms with van der Waals surface area (Å²) in [5, 5.41) is 3.65. The summed E-state index contributed by atoms with van der Waals surface area (Å²) in [5.41, 5.74) is 2.62. The maximum absolute atomic E-state index is 13.3. The second kappa shape index (κ2) is 8.52. The van der Waals surface area contributed by atoms with Crippen LogP contribution in [0, 0.1) is 12.7 Å². The van der Waals surface area contributed by atoms with E-state index < -0.39 is 0 Å². The molecular formula is C20H23ClFN3O. The van der Waals surface area contributed by atoms with E-state index >= 15 is 0 Å². The summed E-state index contributed by atoms with van der Waals surface area (Å²) in [6.45, 7) is 5.91. The minimum absolute atomic E-state index is 0.0109. The van der Waals surface area contributed by atoms with E-state index in [0.717, 1.165) is 42.5 Å². The monoisotopic (exact) mass is 375 g/mol. The molecule has 6 heteroatoms. The SMILES string of the molecule is Cc1cc(CNC(=O)CN2CCN(c3cccc(Cl)c3)CC2)ccc1F. The summed E-state index contributed by atoms with van der Waals surface area (Å²) >= 11 is 6.05. The van der Waals surface area contributed by atoms with Crippen molar-refractivity contribution in [3.8, 4) is 0 Å². The Bertz CT molecular complexity index is 775. The van der Waals surface area contributed by atoms with Gasteiger partial charge < -0.3 is 10.2 Å². The number of rotatable bonds is 5. The topological polar surface area (TPSA) is 35.6 Å². The third-order valence-electron chi connectivity index (χ3n) is 4.62. The standard InChI is InChI=1S/C20H23ClFN3O/c1-15-11-16(5-6-19(15)22)13-23-20(26)14-24-7-9-25(10-8-24)18-4-2-3-17(21)12-18/h2-6,11-12H,7-10,13-14H2,1H3,(H,23,26). The van der Waals surface area contributed by atoms with Crippen LogP contribution < -0.4 is 10.2 Å². The summed E-state index contributed by atoms with van der Waals surface area (Å²) in [6.07, 6.45) is 0. The van der Waals surface area contributed by atoms with Crippen LogP contribution in [0.5, 0.6) is 0 Å². The normalized spacial score (nSPS) is 15.1. The van der Waals surface area contributed by atoms with Crippen LogP contribution in [0.2, 0.25) is 5.02 Å². The number of hydrogen-bond donors (Lipinski definition) is 1. The van der Waals surface area contributed by atoms with E-state index in [1.807, 2.05) is 18.2 Å². The first-order valence-corrected chi connectivity index (χ1v) is 9.13. The Kier molecular flexibility index (Phi) is 6.12. The third-order valence-corrected chi connectivity index (χ3v) is 4.86. The molecular weight excluding hydrogens is 353 g/mol. The van der Waals surface area contributed by atoms with Crippen molar-refractivity contribution in [1.29, 1.82) is 0 Å². The lowest BCUT2D eigenvalue weighted by molar-refractivity contribution is -0.122. The first-order valence-electron chi connectivity index (χ1n) is 8.76. The van der Waals surface area contributed by atoms with Gasteiger partial charge in [-0.15, -0.1) is 0 Å². The number of carbonyl (C=O) groups is 1. The van der Waals surface area contributed by atoms with Crippen molar-refractivity contribution < 1.29 is 9.18 Å². The highest BCUT2D eigenvalue weighted by Crippen LogP contribution is 2.20. The molecule has 0 aromatic heterocycles. The molecule has 0 radical (unpaired) electrons. The molecule has 1 fully saturated rings. The van der Waals surface area contributed by atoms with Crippen molar-refractivity contribution in [2.45, 2.75) is 13.5 Å². The van der Waals surface area contributed by atoms with Crippen molar-refractivity contribution in [2.75, 3.05) is 37.6 Å². The Labute approximate surface area is 158 Å². The Hall–Kier alpha value is -2.11. The van der Waals surface area contributed by atoms with Crippen molar-refractivity contribution in [3.05, 3.63) is 64.4 Å². The predicted octanol–water partition coefficient (Wildman–Crippen LogP) is 3.23. The Morgan fingerprint density at radius 1 is 1.15 bits per heavy atom. The van der Waals surface area contributed by atoms with Gasteiger partial charge in [0.2, 0.25) is 5.91 Å². The number of halogens is 2. The molecule has 26 heavy (non-hydrogen) atoms. The van der Waals surface area contributed by atoms with Gasteiger partial charge in [-0.25, -0.2) is 4.39 Å². The number of anilines is 1. The fourth-order valence-electron chi connectivity index (χ4n) is 3.11. The van der Waals surface area contributed by atoms with Crippen molar-refractivity contribution in [2.24, 2.45) is 0 Å². The van der Waals surface area contributed by atoms with Gasteiger partial charge in [0.25, 0.3) is 0 Å². The molecule has 1 saturated heterocycles. The zero-order valence-corrected chi connectivity index (χ0v) is 15.6. The molecule has 138 valence electrons. The summed E-state index contributed by atoms with van der Waals surface area (Å²) in [7, 11) is 0. The number of nitrogens with zero attached hydrogens (tertiary/aromatic N) is 2. The number of nitrogens with one attached hydrogen (secondary N) is 1. The molecule has 0 atom stereocenters. The fourth-order valence-corrected chi connectivity index (χ4v) is 3.30. The Morgan fingerprint density at radius 2 is 1.92 bits per heavy atom. The van der Waals surface area contributed by atoms with E-state index in [2.05, 4.69) is 21.2 Å². The minimum Gasteiger partial charge on any atom is -0.369 e. The van der Waals surface area contributed by atoms with Gasteiger partial charge in [-0.2, -0.15) is 0 Å². The van der Waals surface area contributed by atoms with E-state index in [4.69, 9.17) is 11.6 Å². The second-order valence-corrected chi connectivity index (χ2v) is 7.04. The molecule has 1 N–H and O–H groups in total. The minimum atomic E-state index is -0.224. The zero-order chi connectivity index (χ0) is 18.5. The summed E-state index contributed by atoms with van der Waals surface area (Å²) in [6, 6.07) is 12.7. The predicted molar refractivity (Wildman–Crippen MR) is 103 cm³/mol. The number of hydrogen-bond acceptors (Lipinski definition) is 3. The van der Waals surface area contributed by atoms with Crippen LogP contribution in [0.4, 0.5) is 10.1 Å². The number of amides is 1. The van der Waals surface area contributed by atoms with E-state index in [1.54, 1.807) is 19.1 Å². The van der Waals surface area contributed by atoms with Crippen molar-refractivity contribution >= 4 is 23.2 Å². The second-order valence-electron chi connectivity index (χ2n) is 6.60. The molecule has 0 unspecified atom stereocenters. The zero-order valence-electron chi connectivity index (χ0n) is 14.8. The maximum Gasteiger partial charge on any atom is 0.234 e. The molecule has 0 bridgehead atoms. The molecule has 2 aromatic rings. The molecule has 0 aliphatic carbocycles. The van der Waals surface area contributed by atoms with Crippen molar-refractivity contribution in [1.82, 2.24) is 10.2 Å². The summed E-state index contributed by atoms with van der Waals surface area (Å²) in [5.74, 6) is -0.235. The molecule has 1 amide bonds. The molecule has 4 nitrogen and oxygen atoms in total. The molecule has 3 rings (SSSR count). The van der Waals surface area contributed by atoms with Gasteiger partial charge in [0.05, 0.1) is 6.54 Å². The highest BCUT2D eigenvalue weighted by atomic mass is 35.5. The first-order chi connectivity index (χ1) is 12.5. The van der Waals surface area contributed by atoms with Crippen LogP contribution >= 0.6 is 11.6 Å².